The number of hydrogen-bond acceptors (Lipinski definition) is 4. The van der Waals surface area contributed by atoms with Crippen LogP contribution in [0.25, 0.3) is 6.08 Å². The van der Waals surface area contributed by atoms with Gasteiger partial charge in [-0.25, -0.2) is 13.1 Å². The van der Waals surface area contributed by atoms with Crippen LogP contribution in [0.4, 0.5) is 5.69 Å². The molecule has 4 rings (SSSR count). The van der Waals surface area contributed by atoms with Crippen molar-refractivity contribution in [1.29, 1.82) is 0 Å². The molecule has 158 valence electrons. The Morgan fingerprint density at radius 1 is 1.03 bits per heavy atom. The Morgan fingerprint density at radius 2 is 1.73 bits per heavy atom. The first-order valence-electron chi connectivity index (χ1n) is 10.3. The van der Waals surface area contributed by atoms with Crippen molar-refractivity contribution in [3.8, 4) is 0 Å². The first kappa shape index (κ1) is 20.6. The molecule has 0 unspecified atom stereocenters. The lowest BCUT2D eigenvalue weighted by atomic mass is 10.2. The van der Waals surface area contributed by atoms with Crippen molar-refractivity contribution in [2.24, 2.45) is 0 Å². The van der Waals surface area contributed by atoms with Crippen LogP contribution in [-0.4, -0.2) is 51.4 Å². The van der Waals surface area contributed by atoms with E-state index in [1.54, 1.807) is 36.4 Å². The average Bonchev–Trinajstić information content (AvgIpc) is 3.56. The highest BCUT2D eigenvalue weighted by Gasteiger charge is 2.27. The molecule has 30 heavy (non-hydrogen) atoms. The SMILES string of the molecule is Cc1cccc(N2CCN(C(=O)/C=C/c3ccc(S(=O)(=O)NC4CC4)cc3)CC2)c1. The molecule has 0 bridgehead atoms. The van der Waals surface area contributed by atoms with E-state index in [4.69, 9.17) is 0 Å². The van der Waals surface area contributed by atoms with E-state index in [0.717, 1.165) is 31.5 Å². The largest absolute Gasteiger partial charge is 0.368 e. The maximum atomic E-state index is 12.5. The van der Waals surface area contributed by atoms with Crippen LogP contribution in [0, 0.1) is 6.92 Å². The Balaban J connectivity index is 1.31. The van der Waals surface area contributed by atoms with Crippen molar-refractivity contribution >= 4 is 27.7 Å². The van der Waals surface area contributed by atoms with Gasteiger partial charge in [-0.1, -0.05) is 24.3 Å². The van der Waals surface area contributed by atoms with Gasteiger partial charge in [-0.15, -0.1) is 0 Å². The number of hydrogen-bond donors (Lipinski definition) is 1. The molecule has 2 aromatic carbocycles. The molecule has 2 fully saturated rings. The van der Waals surface area contributed by atoms with Crippen LogP contribution >= 0.6 is 0 Å². The number of carbonyl (C=O) groups excluding carboxylic acids is 1. The van der Waals surface area contributed by atoms with Crippen LogP contribution in [0.1, 0.15) is 24.0 Å². The summed E-state index contributed by atoms with van der Waals surface area (Å²) in [6, 6.07) is 15.1. The smallest absolute Gasteiger partial charge is 0.246 e. The maximum absolute atomic E-state index is 12.5. The summed E-state index contributed by atoms with van der Waals surface area (Å²) in [5, 5.41) is 0. The van der Waals surface area contributed by atoms with Gasteiger partial charge >= 0.3 is 0 Å². The summed E-state index contributed by atoms with van der Waals surface area (Å²) < 4.78 is 27.1. The van der Waals surface area contributed by atoms with Gasteiger partial charge in [0, 0.05) is 44.0 Å². The number of nitrogens with zero attached hydrogens (tertiary/aromatic N) is 2. The van der Waals surface area contributed by atoms with Crippen molar-refractivity contribution in [1.82, 2.24) is 9.62 Å². The van der Waals surface area contributed by atoms with E-state index in [1.807, 2.05) is 4.90 Å². The quantitative estimate of drug-likeness (QED) is 0.723. The highest BCUT2D eigenvalue weighted by atomic mass is 32.2. The topological polar surface area (TPSA) is 69.7 Å². The van der Waals surface area contributed by atoms with Gasteiger partial charge in [0.25, 0.3) is 0 Å². The molecule has 6 nitrogen and oxygen atoms in total. The molecule has 1 heterocycles. The molecule has 2 aliphatic rings. The molecule has 2 aromatic rings. The number of amides is 1. The number of sulfonamides is 1. The molecule has 7 heteroatoms. The van der Waals surface area contributed by atoms with E-state index in [-0.39, 0.29) is 16.8 Å². The number of piperazine rings is 1. The zero-order valence-corrected chi connectivity index (χ0v) is 17.9. The molecule has 1 aliphatic heterocycles. The van der Waals surface area contributed by atoms with Crippen molar-refractivity contribution in [2.45, 2.75) is 30.7 Å². The Morgan fingerprint density at radius 3 is 2.37 bits per heavy atom. The van der Waals surface area contributed by atoms with E-state index >= 15 is 0 Å². The monoisotopic (exact) mass is 425 g/mol. The Hall–Kier alpha value is -2.64. The molecule has 1 saturated heterocycles. The van der Waals surface area contributed by atoms with E-state index in [9.17, 15) is 13.2 Å². The average molecular weight is 426 g/mol. The van der Waals surface area contributed by atoms with Crippen molar-refractivity contribution < 1.29 is 13.2 Å². The minimum Gasteiger partial charge on any atom is -0.368 e. The predicted molar refractivity (Wildman–Crippen MR) is 119 cm³/mol. The standard InChI is InChI=1S/C23H27N3O3S/c1-18-3-2-4-21(17-18)25-13-15-26(16-14-25)23(27)12-7-19-5-10-22(11-6-19)30(28,29)24-20-8-9-20/h2-7,10-12,17,20,24H,8-9,13-16H2,1H3/b12-7+. The summed E-state index contributed by atoms with van der Waals surface area (Å²) in [6.07, 6.45) is 5.11. The lowest BCUT2D eigenvalue weighted by molar-refractivity contribution is -0.126. The summed E-state index contributed by atoms with van der Waals surface area (Å²) in [7, 11) is -3.45. The molecule has 0 aromatic heterocycles. The summed E-state index contributed by atoms with van der Waals surface area (Å²) in [5.41, 5.74) is 3.23. The molecule has 1 saturated carbocycles. The second-order valence-electron chi connectivity index (χ2n) is 7.95. The van der Waals surface area contributed by atoms with Crippen LogP contribution in [0.3, 0.4) is 0 Å². The van der Waals surface area contributed by atoms with Gasteiger partial charge in [0.05, 0.1) is 4.90 Å². The Labute approximate surface area is 178 Å². The van der Waals surface area contributed by atoms with Gasteiger partial charge in [-0.05, 0) is 61.2 Å². The van der Waals surface area contributed by atoms with Crippen molar-refractivity contribution in [3.05, 3.63) is 65.7 Å². The zero-order chi connectivity index (χ0) is 21.1. The van der Waals surface area contributed by atoms with Crippen molar-refractivity contribution in [3.63, 3.8) is 0 Å². The number of anilines is 1. The molecule has 1 N–H and O–H groups in total. The molecule has 0 spiro atoms. The number of aryl methyl sites for hydroxylation is 1. The number of benzene rings is 2. The summed E-state index contributed by atoms with van der Waals surface area (Å²) in [4.78, 5) is 16.9. The number of rotatable bonds is 6. The molecular weight excluding hydrogens is 398 g/mol. The molecule has 1 amide bonds. The van der Waals surface area contributed by atoms with Gasteiger partial charge in [0.15, 0.2) is 0 Å². The summed E-state index contributed by atoms with van der Waals surface area (Å²) in [6.45, 7) is 5.06. The van der Waals surface area contributed by atoms with E-state index in [1.165, 1.54) is 11.3 Å². The summed E-state index contributed by atoms with van der Waals surface area (Å²) in [5.74, 6) is -0.0222. The van der Waals surface area contributed by atoms with Gasteiger partial charge in [-0.2, -0.15) is 0 Å². The van der Waals surface area contributed by atoms with Crippen molar-refractivity contribution in [2.75, 3.05) is 31.1 Å². The highest BCUT2D eigenvalue weighted by Crippen LogP contribution is 2.22. The first-order valence-corrected chi connectivity index (χ1v) is 11.8. The molecular formula is C23H27N3O3S. The number of nitrogens with one attached hydrogen (secondary N) is 1. The minimum absolute atomic E-state index is 0.0222. The lowest BCUT2D eigenvalue weighted by Gasteiger charge is -2.35. The van der Waals surface area contributed by atoms with Gasteiger partial charge < -0.3 is 9.80 Å². The molecule has 1 aliphatic carbocycles. The van der Waals surface area contributed by atoms with E-state index in [2.05, 4.69) is 40.8 Å². The van der Waals surface area contributed by atoms with Crippen LogP contribution in [0.5, 0.6) is 0 Å². The molecule has 0 atom stereocenters. The fourth-order valence-electron chi connectivity index (χ4n) is 3.53. The van der Waals surface area contributed by atoms with Crippen LogP contribution in [0.15, 0.2) is 59.5 Å². The minimum atomic E-state index is -3.45. The highest BCUT2D eigenvalue weighted by molar-refractivity contribution is 7.89. The van der Waals surface area contributed by atoms with Gasteiger partial charge in [-0.3, -0.25) is 4.79 Å². The van der Waals surface area contributed by atoms with Crippen LogP contribution in [-0.2, 0) is 14.8 Å². The Kier molecular flexibility index (Phi) is 5.92. The van der Waals surface area contributed by atoms with Gasteiger partial charge in [0.2, 0.25) is 15.9 Å². The number of carbonyl (C=O) groups is 1. The van der Waals surface area contributed by atoms with E-state index in [0.29, 0.717) is 13.1 Å². The second kappa shape index (κ2) is 8.62. The third-order valence-electron chi connectivity index (χ3n) is 5.47. The van der Waals surface area contributed by atoms with E-state index < -0.39 is 10.0 Å². The summed E-state index contributed by atoms with van der Waals surface area (Å²) >= 11 is 0. The third-order valence-corrected chi connectivity index (χ3v) is 7.00. The van der Waals surface area contributed by atoms with Gasteiger partial charge in [0.1, 0.15) is 0 Å². The lowest BCUT2D eigenvalue weighted by Crippen LogP contribution is -2.48. The van der Waals surface area contributed by atoms with Crippen LogP contribution < -0.4 is 9.62 Å². The maximum Gasteiger partial charge on any atom is 0.246 e. The Bertz CT molecular complexity index is 1040. The fourth-order valence-corrected chi connectivity index (χ4v) is 4.83. The fraction of sp³-hybridized carbons (Fsp3) is 0.348. The normalized spacial score (nSPS) is 17.5. The molecule has 0 radical (unpaired) electrons. The second-order valence-corrected chi connectivity index (χ2v) is 9.66. The third kappa shape index (κ3) is 5.09. The first-order chi connectivity index (χ1) is 14.4. The predicted octanol–water partition coefficient (Wildman–Crippen LogP) is 2.80. The van der Waals surface area contributed by atoms with Crippen LogP contribution in [0.2, 0.25) is 0 Å². The zero-order valence-electron chi connectivity index (χ0n) is 17.1.